The van der Waals surface area contributed by atoms with Crippen molar-refractivity contribution in [3.63, 3.8) is 0 Å². The van der Waals surface area contributed by atoms with E-state index in [1.165, 1.54) is 12.1 Å². The van der Waals surface area contributed by atoms with Gasteiger partial charge in [0.2, 0.25) is 0 Å². The van der Waals surface area contributed by atoms with E-state index in [9.17, 15) is 14.9 Å². The molecular formula is C11H10ClN3O3. The molecule has 0 saturated heterocycles. The molecule has 0 saturated carbocycles. The molecule has 0 bridgehead atoms. The Hall–Kier alpha value is -2.13. The second-order valence-corrected chi connectivity index (χ2v) is 4.09. The van der Waals surface area contributed by atoms with Gasteiger partial charge in [0.15, 0.2) is 0 Å². The van der Waals surface area contributed by atoms with Crippen LogP contribution in [0.1, 0.15) is 23.7 Å². The van der Waals surface area contributed by atoms with Gasteiger partial charge in [0, 0.05) is 17.1 Å². The SMILES string of the molecule is CC(CC#N)NC(=O)c1ccc(Cl)cc1[N+](=O)[O-]. The van der Waals surface area contributed by atoms with E-state index < -0.39 is 10.8 Å². The fraction of sp³-hybridized carbons (Fsp3) is 0.273. The number of hydrogen-bond acceptors (Lipinski definition) is 4. The predicted molar refractivity (Wildman–Crippen MR) is 65.3 cm³/mol. The van der Waals surface area contributed by atoms with Crippen LogP contribution in [0.3, 0.4) is 0 Å². The van der Waals surface area contributed by atoms with Crippen LogP contribution in [-0.2, 0) is 0 Å². The van der Waals surface area contributed by atoms with Gasteiger partial charge < -0.3 is 5.32 Å². The molecule has 0 aliphatic carbocycles. The number of nitrogens with one attached hydrogen (secondary N) is 1. The highest BCUT2D eigenvalue weighted by atomic mass is 35.5. The second-order valence-electron chi connectivity index (χ2n) is 3.66. The van der Waals surface area contributed by atoms with Gasteiger partial charge in [-0.15, -0.1) is 0 Å². The summed E-state index contributed by atoms with van der Waals surface area (Å²) in [7, 11) is 0. The minimum atomic E-state index is -0.671. The van der Waals surface area contributed by atoms with E-state index in [0.29, 0.717) is 0 Å². The molecule has 0 heterocycles. The summed E-state index contributed by atoms with van der Waals surface area (Å²) >= 11 is 5.64. The highest BCUT2D eigenvalue weighted by Gasteiger charge is 2.21. The topological polar surface area (TPSA) is 96.0 Å². The first-order valence-corrected chi connectivity index (χ1v) is 5.45. The average Bonchev–Trinajstić information content (AvgIpc) is 2.28. The number of benzene rings is 1. The number of nitro benzene ring substituents is 1. The Morgan fingerprint density at radius 3 is 2.89 bits per heavy atom. The fourth-order valence-corrected chi connectivity index (χ4v) is 1.50. The fourth-order valence-electron chi connectivity index (χ4n) is 1.34. The number of carbonyl (C=O) groups is 1. The molecule has 1 unspecified atom stereocenters. The van der Waals surface area contributed by atoms with Crippen molar-refractivity contribution in [3.05, 3.63) is 38.9 Å². The molecule has 1 aromatic carbocycles. The third-order valence-corrected chi connectivity index (χ3v) is 2.41. The van der Waals surface area contributed by atoms with Crippen molar-refractivity contribution in [1.29, 1.82) is 5.26 Å². The maximum absolute atomic E-state index is 11.8. The van der Waals surface area contributed by atoms with Gasteiger partial charge in [-0.05, 0) is 19.1 Å². The lowest BCUT2D eigenvalue weighted by atomic mass is 10.1. The summed E-state index contributed by atoms with van der Waals surface area (Å²) in [6.07, 6.45) is 0.132. The van der Waals surface area contributed by atoms with Crippen molar-refractivity contribution in [3.8, 4) is 6.07 Å². The molecule has 0 spiro atoms. The van der Waals surface area contributed by atoms with Gasteiger partial charge in [0.05, 0.1) is 17.4 Å². The van der Waals surface area contributed by atoms with E-state index in [-0.39, 0.29) is 28.7 Å². The molecule has 0 aromatic heterocycles. The lowest BCUT2D eigenvalue weighted by molar-refractivity contribution is -0.385. The quantitative estimate of drug-likeness (QED) is 0.668. The summed E-state index contributed by atoms with van der Waals surface area (Å²) in [5.41, 5.74) is -0.432. The van der Waals surface area contributed by atoms with E-state index >= 15 is 0 Å². The normalized spacial score (nSPS) is 11.4. The van der Waals surface area contributed by atoms with E-state index in [0.717, 1.165) is 6.07 Å². The van der Waals surface area contributed by atoms with Crippen LogP contribution >= 0.6 is 11.6 Å². The maximum atomic E-state index is 11.8. The van der Waals surface area contributed by atoms with Gasteiger partial charge in [-0.1, -0.05) is 11.6 Å². The monoisotopic (exact) mass is 267 g/mol. The summed E-state index contributed by atoms with van der Waals surface area (Å²) in [5, 5.41) is 22.0. The van der Waals surface area contributed by atoms with Crippen molar-refractivity contribution >= 4 is 23.2 Å². The zero-order valence-corrected chi connectivity index (χ0v) is 10.3. The number of amides is 1. The van der Waals surface area contributed by atoms with Crippen molar-refractivity contribution in [2.45, 2.75) is 19.4 Å². The Bertz CT molecular complexity index is 525. The van der Waals surface area contributed by atoms with Gasteiger partial charge in [0.25, 0.3) is 11.6 Å². The lowest BCUT2D eigenvalue weighted by Gasteiger charge is -2.10. The molecule has 1 atom stereocenters. The third kappa shape index (κ3) is 3.43. The summed E-state index contributed by atoms with van der Waals surface area (Å²) in [4.78, 5) is 21.9. The number of nitro groups is 1. The molecule has 0 aliphatic rings. The van der Waals surface area contributed by atoms with Crippen LogP contribution in [0.15, 0.2) is 18.2 Å². The summed E-state index contributed by atoms with van der Waals surface area (Å²) < 4.78 is 0. The first-order valence-electron chi connectivity index (χ1n) is 5.07. The number of rotatable bonds is 4. The van der Waals surface area contributed by atoms with E-state index in [4.69, 9.17) is 16.9 Å². The molecule has 1 aromatic rings. The molecule has 18 heavy (non-hydrogen) atoms. The number of halogens is 1. The molecule has 7 heteroatoms. The summed E-state index contributed by atoms with van der Waals surface area (Å²) in [6, 6.07) is 5.33. The minimum absolute atomic E-state index is 0.0748. The molecule has 94 valence electrons. The van der Waals surface area contributed by atoms with Gasteiger partial charge >= 0.3 is 0 Å². The Labute approximate surface area is 108 Å². The third-order valence-electron chi connectivity index (χ3n) is 2.18. The standard InChI is InChI=1S/C11H10ClN3O3/c1-7(4-5-13)14-11(16)9-3-2-8(12)6-10(9)15(17)18/h2-3,6-7H,4H2,1H3,(H,14,16). The van der Waals surface area contributed by atoms with Crippen molar-refractivity contribution in [2.24, 2.45) is 0 Å². The molecule has 1 N–H and O–H groups in total. The molecule has 0 fully saturated rings. The van der Waals surface area contributed by atoms with Crippen molar-refractivity contribution in [2.75, 3.05) is 0 Å². The van der Waals surface area contributed by atoms with Crippen LogP contribution in [0, 0.1) is 21.4 Å². The van der Waals surface area contributed by atoms with Crippen LogP contribution in [-0.4, -0.2) is 16.9 Å². The van der Waals surface area contributed by atoms with Crippen LogP contribution in [0.4, 0.5) is 5.69 Å². The number of hydrogen-bond donors (Lipinski definition) is 1. The smallest absolute Gasteiger partial charge is 0.283 e. The van der Waals surface area contributed by atoms with E-state index in [1.54, 1.807) is 6.92 Å². The van der Waals surface area contributed by atoms with E-state index in [1.807, 2.05) is 6.07 Å². The molecule has 1 rings (SSSR count). The highest BCUT2D eigenvalue weighted by molar-refractivity contribution is 6.31. The Morgan fingerprint density at radius 2 is 2.33 bits per heavy atom. The van der Waals surface area contributed by atoms with Crippen LogP contribution in [0.2, 0.25) is 5.02 Å². The second kappa shape index (κ2) is 5.98. The van der Waals surface area contributed by atoms with Crippen LogP contribution in [0.5, 0.6) is 0 Å². The van der Waals surface area contributed by atoms with Crippen molar-refractivity contribution < 1.29 is 9.72 Å². The zero-order chi connectivity index (χ0) is 13.7. The molecule has 0 radical (unpaired) electrons. The Kier molecular flexibility index (Phi) is 4.63. The molecule has 0 aliphatic heterocycles. The first kappa shape index (κ1) is 13.9. The summed E-state index contributed by atoms with van der Waals surface area (Å²) in [6.45, 7) is 1.64. The Balaban J connectivity index is 2.99. The lowest BCUT2D eigenvalue weighted by Crippen LogP contribution is -2.32. The van der Waals surface area contributed by atoms with E-state index in [2.05, 4.69) is 5.32 Å². The zero-order valence-electron chi connectivity index (χ0n) is 9.51. The van der Waals surface area contributed by atoms with Crippen LogP contribution in [0.25, 0.3) is 0 Å². The largest absolute Gasteiger partial charge is 0.348 e. The molecular weight excluding hydrogens is 258 g/mol. The number of carbonyl (C=O) groups excluding carboxylic acids is 1. The molecule has 1 amide bonds. The minimum Gasteiger partial charge on any atom is -0.348 e. The van der Waals surface area contributed by atoms with Gasteiger partial charge in [-0.25, -0.2) is 0 Å². The van der Waals surface area contributed by atoms with Gasteiger partial charge in [0.1, 0.15) is 5.56 Å². The first-order chi connectivity index (χ1) is 8.45. The molecule has 6 nitrogen and oxygen atoms in total. The van der Waals surface area contributed by atoms with Gasteiger partial charge in [-0.2, -0.15) is 5.26 Å². The van der Waals surface area contributed by atoms with Crippen molar-refractivity contribution in [1.82, 2.24) is 5.32 Å². The number of nitrogens with zero attached hydrogens (tertiary/aromatic N) is 2. The average molecular weight is 268 g/mol. The number of nitriles is 1. The Morgan fingerprint density at radius 1 is 1.67 bits per heavy atom. The highest BCUT2D eigenvalue weighted by Crippen LogP contribution is 2.23. The maximum Gasteiger partial charge on any atom is 0.283 e. The summed E-state index contributed by atoms with van der Waals surface area (Å²) in [5.74, 6) is -0.596. The van der Waals surface area contributed by atoms with Gasteiger partial charge in [-0.3, -0.25) is 14.9 Å². The van der Waals surface area contributed by atoms with Crippen LogP contribution < -0.4 is 5.32 Å². The predicted octanol–water partition coefficient (Wildman–Crippen LogP) is 2.28.